The Balaban J connectivity index is 1.94. The van der Waals surface area contributed by atoms with Gasteiger partial charge in [0.15, 0.2) is 0 Å². The molecule has 0 aromatic heterocycles. The normalized spacial score (nSPS) is 9.76. The fraction of sp³-hybridized carbons (Fsp3) is 0.125. The van der Waals surface area contributed by atoms with Crippen molar-refractivity contribution in [3.05, 3.63) is 59.4 Å². The molecule has 0 radical (unpaired) electrons. The van der Waals surface area contributed by atoms with Crippen molar-refractivity contribution in [1.82, 2.24) is 0 Å². The SMILES string of the molecule is Cc1cccc(NC(=O)CNc2ccc(F)c(C#N)c2)c1. The van der Waals surface area contributed by atoms with Crippen LogP contribution in [0.4, 0.5) is 15.8 Å². The van der Waals surface area contributed by atoms with E-state index in [-0.39, 0.29) is 18.0 Å². The van der Waals surface area contributed by atoms with Crippen LogP contribution in [0.3, 0.4) is 0 Å². The zero-order valence-electron chi connectivity index (χ0n) is 11.5. The minimum atomic E-state index is -0.577. The van der Waals surface area contributed by atoms with Crippen LogP contribution >= 0.6 is 0 Å². The van der Waals surface area contributed by atoms with Gasteiger partial charge >= 0.3 is 0 Å². The zero-order valence-corrected chi connectivity index (χ0v) is 11.5. The fourth-order valence-electron chi connectivity index (χ4n) is 1.83. The molecule has 0 aliphatic heterocycles. The molecular formula is C16H14FN3O. The molecule has 2 rings (SSSR count). The number of aryl methyl sites for hydroxylation is 1. The van der Waals surface area contributed by atoms with Crippen LogP contribution in [0.2, 0.25) is 0 Å². The van der Waals surface area contributed by atoms with E-state index < -0.39 is 5.82 Å². The van der Waals surface area contributed by atoms with Gasteiger partial charge in [-0.1, -0.05) is 12.1 Å². The van der Waals surface area contributed by atoms with Crippen LogP contribution in [0.25, 0.3) is 0 Å². The van der Waals surface area contributed by atoms with Crippen molar-refractivity contribution in [1.29, 1.82) is 5.26 Å². The lowest BCUT2D eigenvalue weighted by Crippen LogP contribution is -2.21. The molecular weight excluding hydrogens is 269 g/mol. The van der Waals surface area contributed by atoms with Crippen molar-refractivity contribution in [3.8, 4) is 6.07 Å². The largest absolute Gasteiger partial charge is 0.376 e. The fourth-order valence-corrected chi connectivity index (χ4v) is 1.83. The molecule has 0 saturated heterocycles. The standard InChI is InChI=1S/C16H14FN3O/c1-11-3-2-4-14(7-11)20-16(21)10-19-13-5-6-15(17)12(8-13)9-18/h2-8,19H,10H2,1H3,(H,20,21). The van der Waals surface area contributed by atoms with E-state index >= 15 is 0 Å². The molecule has 2 aromatic carbocycles. The molecule has 0 unspecified atom stereocenters. The lowest BCUT2D eigenvalue weighted by molar-refractivity contribution is -0.114. The Morgan fingerprint density at radius 1 is 1.24 bits per heavy atom. The topological polar surface area (TPSA) is 64.9 Å². The predicted octanol–water partition coefficient (Wildman–Crippen LogP) is 3.06. The highest BCUT2D eigenvalue weighted by Gasteiger charge is 2.05. The number of carbonyl (C=O) groups excluding carboxylic acids is 1. The molecule has 0 aliphatic carbocycles. The summed E-state index contributed by atoms with van der Waals surface area (Å²) < 4.78 is 13.2. The summed E-state index contributed by atoms with van der Waals surface area (Å²) in [6.07, 6.45) is 0. The van der Waals surface area contributed by atoms with Gasteiger partial charge in [-0.05, 0) is 42.8 Å². The maximum atomic E-state index is 13.2. The summed E-state index contributed by atoms with van der Waals surface area (Å²) in [5.74, 6) is -0.796. The first-order chi connectivity index (χ1) is 10.1. The van der Waals surface area contributed by atoms with E-state index in [9.17, 15) is 9.18 Å². The molecule has 0 heterocycles. The third kappa shape index (κ3) is 4.05. The molecule has 4 nitrogen and oxygen atoms in total. The maximum absolute atomic E-state index is 13.2. The monoisotopic (exact) mass is 283 g/mol. The van der Waals surface area contributed by atoms with Crippen molar-refractivity contribution in [3.63, 3.8) is 0 Å². The van der Waals surface area contributed by atoms with E-state index in [2.05, 4.69) is 10.6 Å². The number of anilines is 2. The number of nitrogens with zero attached hydrogens (tertiary/aromatic N) is 1. The molecule has 21 heavy (non-hydrogen) atoms. The van der Waals surface area contributed by atoms with Gasteiger partial charge in [0, 0.05) is 11.4 Å². The number of nitrogens with one attached hydrogen (secondary N) is 2. The minimum Gasteiger partial charge on any atom is -0.376 e. The Morgan fingerprint density at radius 3 is 2.76 bits per heavy atom. The van der Waals surface area contributed by atoms with Gasteiger partial charge in [0.25, 0.3) is 0 Å². The van der Waals surface area contributed by atoms with Gasteiger partial charge in [-0.15, -0.1) is 0 Å². The van der Waals surface area contributed by atoms with E-state index in [1.165, 1.54) is 18.2 Å². The number of hydrogen-bond acceptors (Lipinski definition) is 3. The highest BCUT2D eigenvalue weighted by molar-refractivity contribution is 5.93. The summed E-state index contributed by atoms with van der Waals surface area (Å²) in [4.78, 5) is 11.8. The Morgan fingerprint density at radius 2 is 2.05 bits per heavy atom. The number of amides is 1. The molecule has 2 aromatic rings. The first-order valence-electron chi connectivity index (χ1n) is 6.38. The molecule has 106 valence electrons. The summed E-state index contributed by atoms with van der Waals surface area (Å²) >= 11 is 0. The highest BCUT2D eigenvalue weighted by Crippen LogP contribution is 2.14. The molecule has 2 N–H and O–H groups in total. The summed E-state index contributed by atoms with van der Waals surface area (Å²) in [6.45, 7) is 1.97. The third-order valence-corrected chi connectivity index (χ3v) is 2.84. The van der Waals surface area contributed by atoms with Crippen LogP contribution < -0.4 is 10.6 Å². The highest BCUT2D eigenvalue weighted by atomic mass is 19.1. The van der Waals surface area contributed by atoms with Gasteiger partial charge in [0.05, 0.1) is 12.1 Å². The average molecular weight is 283 g/mol. The second-order valence-corrected chi connectivity index (χ2v) is 4.58. The number of halogens is 1. The van der Waals surface area contributed by atoms with Crippen LogP contribution in [0, 0.1) is 24.1 Å². The first kappa shape index (κ1) is 14.5. The van der Waals surface area contributed by atoms with Gasteiger partial charge in [-0.3, -0.25) is 4.79 Å². The minimum absolute atomic E-state index is 0.0322. The average Bonchev–Trinajstić information content (AvgIpc) is 2.46. The maximum Gasteiger partial charge on any atom is 0.243 e. The lowest BCUT2D eigenvalue weighted by Gasteiger charge is -2.08. The van der Waals surface area contributed by atoms with E-state index in [0.717, 1.165) is 11.3 Å². The van der Waals surface area contributed by atoms with Gasteiger partial charge in [0.2, 0.25) is 5.91 Å². The van der Waals surface area contributed by atoms with E-state index in [1.54, 1.807) is 12.1 Å². The van der Waals surface area contributed by atoms with Crippen molar-refractivity contribution in [2.75, 3.05) is 17.2 Å². The molecule has 0 bridgehead atoms. The number of hydrogen-bond donors (Lipinski definition) is 2. The lowest BCUT2D eigenvalue weighted by atomic mass is 10.2. The van der Waals surface area contributed by atoms with Crippen LogP contribution in [0.1, 0.15) is 11.1 Å². The first-order valence-corrected chi connectivity index (χ1v) is 6.38. The molecule has 0 atom stereocenters. The van der Waals surface area contributed by atoms with Gasteiger partial charge < -0.3 is 10.6 Å². The number of rotatable bonds is 4. The smallest absolute Gasteiger partial charge is 0.243 e. The predicted molar refractivity (Wildman–Crippen MR) is 79.4 cm³/mol. The summed E-state index contributed by atoms with van der Waals surface area (Å²) in [6, 6.07) is 13.3. The number of benzene rings is 2. The summed E-state index contributed by atoms with van der Waals surface area (Å²) in [5, 5.41) is 14.3. The van der Waals surface area contributed by atoms with Gasteiger partial charge in [-0.25, -0.2) is 4.39 Å². The Labute approximate surface area is 122 Å². The number of carbonyl (C=O) groups is 1. The van der Waals surface area contributed by atoms with Gasteiger partial charge in [0.1, 0.15) is 11.9 Å². The second kappa shape index (κ2) is 6.53. The van der Waals surface area contributed by atoms with Gasteiger partial charge in [-0.2, -0.15) is 5.26 Å². The zero-order chi connectivity index (χ0) is 15.2. The Hall–Kier alpha value is -2.87. The Bertz CT molecular complexity index is 707. The van der Waals surface area contributed by atoms with E-state index in [4.69, 9.17) is 5.26 Å². The molecule has 0 spiro atoms. The molecule has 5 heteroatoms. The number of nitriles is 1. The molecule has 0 saturated carbocycles. The van der Waals surface area contributed by atoms with E-state index in [0.29, 0.717) is 5.69 Å². The van der Waals surface area contributed by atoms with Crippen LogP contribution in [-0.4, -0.2) is 12.5 Å². The quantitative estimate of drug-likeness (QED) is 0.906. The van der Waals surface area contributed by atoms with E-state index in [1.807, 2.05) is 25.1 Å². The van der Waals surface area contributed by atoms with Crippen molar-refractivity contribution >= 4 is 17.3 Å². The van der Waals surface area contributed by atoms with Crippen molar-refractivity contribution in [2.24, 2.45) is 0 Å². The van der Waals surface area contributed by atoms with Crippen molar-refractivity contribution < 1.29 is 9.18 Å². The van der Waals surface area contributed by atoms with Crippen LogP contribution in [0.5, 0.6) is 0 Å². The molecule has 1 amide bonds. The Kier molecular flexibility index (Phi) is 4.52. The van der Waals surface area contributed by atoms with Crippen LogP contribution in [0.15, 0.2) is 42.5 Å². The summed E-state index contributed by atoms with van der Waals surface area (Å²) in [5.41, 5.74) is 2.24. The van der Waals surface area contributed by atoms with Crippen LogP contribution in [-0.2, 0) is 4.79 Å². The van der Waals surface area contributed by atoms with Crippen molar-refractivity contribution in [2.45, 2.75) is 6.92 Å². The molecule has 0 fully saturated rings. The summed E-state index contributed by atoms with van der Waals surface area (Å²) in [7, 11) is 0. The second-order valence-electron chi connectivity index (χ2n) is 4.58. The third-order valence-electron chi connectivity index (χ3n) is 2.84. The molecule has 0 aliphatic rings.